The molecule has 4 nitrogen and oxygen atoms in total. The van der Waals surface area contributed by atoms with Gasteiger partial charge >= 0.3 is 0 Å². The predicted molar refractivity (Wildman–Crippen MR) is 61.1 cm³/mol. The second-order valence-corrected chi connectivity index (χ2v) is 4.50. The van der Waals surface area contributed by atoms with Gasteiger partial charge in [0, 0.05) is 18.2 Å². The van der Waals surface area contributed by atoms with Crippen molar-refractivity contribution in [3.8, 4) is 0 Å². The van der Waals surface area contributed by atoms with Crippen LogP contribution in [0.1, 0.15) is 35.4 Å². The SMILES string of the molecule is Cc1ccoc1C(=O)NCC1CCCC1N. The largest absolute Gasteiger partial charge is 0.459 e. The highest BCUT2D eigenvalue weighted by Crippen LogP contribution is 2.23. The Balaban J connectivity index is 1.86. The first kappa shape index (κ1) is 11.2. The molecular weight excluding hydrogens is 204 g/mol. The Morgan fingerprint density at radius 1 is 1.62 bits per heavy atom. The fourth-order valence-corrected chi connectivity index (χ4v) is 2.23. The van der Waals surface area contributed by atoms with Crippen molar-refractivity contribution in [2.24, 2.45) is 11.7 Å². The van der Waals surface area contributed by atoms with Crippen LogP contribution in [0.2, 0.25) is 0 Å². The fourth-order valence-electron chi connectivity index (χ4n) is 2.23. The lowest BCUT2D eigenvalue weighted by atomic mass is 10.0. The van der Waals surface area contributed by atoms with Crippen LogP contribution >= 0.6 is 0 Å². The van der Waals surface area contributed by atoms with Gasteiger partial charge in [0.2, 0.25) is 0 Å². The first-order valence-corrected chi connectivity index (χ1v) is 5.76. The lowest BCUT2D eigenvalue weighted by Gasteiger charge is -2.15. The number of furan rings is 1. The first-order valence-electron chi connectivity index (χ1n) is 5.76. The van der Waals surface area contributed by atoms with Crippen LogP contribution in [0.25, 0.3) is 0 Å². The van der Waals surface area contributed by atoms with Crippen molar-refractivity contribution in [1.29, 1.82) is 0 Å². The summed E-state index contributed by atoms with van der Waals surface area (Å²) >= 11 is 0. The molecule has 88 valence electrons. The summed E-state index contributed by atoms with van der Waals surface area (Å²) in [5.74, 6) is 0.687. The van der Waals surface area contributed by atoms with Crippen molar-refractivity contribution in [2.75, 3.05) is 6.54 Å². The third kappa shape index (κ3) is 2.27. The predicted octanol–water partition coefficient (Wildman–Crippen LogP) is 1.45. The summed E-state index contributed by atoms with van der Waals surface area (Å²) in [6.07, 6.45) is 4.88. The highest BCUT2D eigenvalue weighted by Gasteiger charge is 2.24. The summed E-state index contributed by atoms with van der Waals surface area (Å²) in [4.78, 5) is 11.7. The number of nitrogens with one attached hydrogen (secondary N) is 1. The maximum absolute atomic E-state index is 11.7. The van der Waals surface area contributed by atoms with Gasteiger partial charge in [0.1, 0.15) is 0 Å². The third-order valence-corrected chi connectivity index (χ3v) is 3.31. The van der Waals surface area contributed by atoms with Gasteiger partial charge in [-0.15, -0.1) is 0 Å². The fraction of sp³-hybridized carbons (Fsp3) is 0.583. The van der Waals surface area contributed by atoms with Gasteiger partial charge in [-0.1, -0.05) is 6.42 Å². The van der Waals surface area contributed by atoms with Gasteiger partial charge in [0.15, 0.2) is 5.76 Å². The molecule has 1 heterocycles. The van der Waals surface area contributed by atoms with E-state index in [4.69, 9.17) is 10.2 Å². The van der Waals surface area contributed by atoms with Gasteiger partial charge in [-0.2, -0.15) is 0 Å². The van der Waals surface area contributed by atoms with E-state index in [-0.39, 0.29) is 11.9 Å². The minimum Gasteiger partial charge on any atom is -0.459 e. The Labute approximate surface area is 95.2 Å². The van der Waals surface area contributed by atoms with Crippen molar-refractivity contribution in [2.45, 2.75) is 32.2 Å². The summed E-state index contributed by atoms with van der Waals surface area (Å²) < 4.78 is 5.12. The molecule has 1 aliphatic carbocycles. The number of carbonyl (C=O) groups is 1. The van der Waals surface area contributed by atoms with Gasteiger partial charge in [-0.3, -0.25) is 4.79 Å². The number of aryl methyl sites for hydroxylation is 1. The molecule has 4 heteroatoms. The number of carbonyl (C=O) groups excluding carboxylic acids is 1. The quantitative estimate of drug-likeness (QED) is 0.813. The molecule has 0 aliphatic heterocycles. The Kier molecular flexibility index (Phi) is 3.29. The molecule has 1 saturated carbocycles. The van der Waals surface area contributed by atoms with Crippen LogP contribution in [-0.4, -0.2) is 18.5 Å². The number of amides is 1. The minimum atomic E-state index is -0.137. The van der Waals surface area contributed by atoms with E-state index in [0.29, 0.717) is 18.2 Å². The van der Waals surface area contributed by atoms with Gasteiger partial charge in [0.05, 0.1) is 6.26 Å². The Hall–Kier alpha value is -1.29. The number of hydrogen-bond donors (Lipinski definition) is 2. The van der Waals surface area contributed by atoms with Crippen molar-refractivity contribution in [3.63, 3.8) is 0 Å². The van der Waals surface area contributed by atoms with Gasteiger partial charge in [-0.05, 0) is 31.7 Å². The summed E-state index contributed by atoms with van der Waals surface area (Å²) in [7, 11) is 0. The molecule has 1 aromatic heterocycles. The van der Waals surface area contributed by atoms with Gasteiger partial charge in [0.25, 0.3) is 5.91 Å². The molecule has 1 aliphatic rings. The lowest BCUT2D eigenvalue weighted by molar-refractivity contribution is 0.0918. The van der Waals surface area contributed by atoms with E-state index < -0.39 is 0 Å². The Morgan fingerprint density at radius 2 is 2.44 bits per heavy atom. The number of hydrogen-bond acceptors (Lipinski definition) is 3. The normalized spacial score (nSPS) is 24.6. The van der Waals surface area contributed by atoms with Crippen LogP contribution in [0.4, 0.5) is 0 Å². The summed E-state index contributed by atoms with van der Waals surface area (Å²) in [5, 5.41) is 2.89. The van der Waals surface area contributed by atoms with Crippen LogP contribution in [-0.2, 0) is 0 Å². The van der Waals surface area contributed by atoms with Crippen LogP contribution < -0.4 is 11.1 Å². The van der Waals surface area contributed by atoms with Crippen molar-refractivity contribution >= 4 is 5.91 Å². The minimum absolute atomic E-state index is 0.137. The molecule has 2 atom stereocenters. The molecule has 0 aromatic carbocycles. The molecule has 0 spiro atoms. The number of nitrogens with two attached hydrogens (primary N) is 1. The lowest BCUT2D eigenvalue weighted by Crippen LogP contribution is -2.36. The van der Waals surface area contributed by atoms with Crippen molar-refractivity contribution < 1.29 is 9.21 Å². The molecule has 3 N–H and O–H groups in total. The molecule has 2 unspecified atom stereocenters. The van der Waals surface area contributed by atoms with Crippen LogP contribution in [0, 0.1) is 12.8 Å². The van der Waals surface area contributed by atoms with E-state index in [1.165, 1.54) is 12.7 Å². The zero-order valence-electron chi connectivity index (χ0n) is 9.53. The van der Waals surface area contributed by atoms with Crippen LogP contribution in [0.5, 0.6) is 0 Å². The molecule has 0 saturated heterocycles. The monoisotopic (exact) mass is 222 g/mol. The average molecular weight is 222 g/mol. The maximum Gasteiger partial charge on any atom is 0.287 e. The van der Waals surface area contributed by atoms with Gasteiger partial charge < -0.3 is 15.5 Å². The van der Waals surface area contributed by atoms with Crippen molar-refractivity contribution in [3.05, 3.63) is 23.7 Å². The van der Waals surface area contributed by atoms with Crippen LogP contribution in [0.15, 0.2) is 16.7 Å². The highest BCUT2D eigenvalue weighted by atomic mass is 16.3. The van der Waals surface area contributed by atoms with E-state index in [1.807, 2.05) is 6.92 Å². The molecule has 1 amide bonds. The zero-order chi connectivity index (χ0) is 11.5. The zero-order valence-corrected chi connectivity index (χ0v) is 9.53. The van der Waals surface area contributed by atoms with E-state index in [0.717, 1.165) is 18.4 Å². The molecule has 2 rings (SSSR count). The van der Waals surface area contributed by atoms with E-state index in [9.17, 15) is 4.79 Å². The van der Waals surface area contributed by atoms with Crippen LogP contribution in [0.3, 0.4) is 0 Å². The van der Waals surface area contributed by atoms with Crippen molar-refractivity contribution in [1.82, 2.24) is 5.32 Å². The summed E-state index contributed by atoms with van der Waals surface area (Å²) in [6, 6.07) is 2.02. The smallest absolute Gasteiger partial charge is 0.287 e. The first-order chi connectivity index (χ1) is 7.68. The molecule has 0 bridgehead atoms. The van der Waals surface area contributed by atoms with E-state index in [2.05, 4.69) is 5.32 Å². The Bertz CT molecular complexity index is 373. The average Bonchev–Trinajstić information content (AvgIpc) is 2.84. The molecule has 1 aromatic rings. The second kappa shape index (κ2) is 4.70. The summed E-state index contributed by atoms with van der Waals surface area (Å²) in [5.41, 5.74) is 6.81. The molecule has 1 fully saturated rings. The molecule has 16 heavy (non-hydrogen) atoms. The topological polar surface area (TPSA) is 68.3 Å². The molecule has 0 radical (unpaired) electrons. The number of rotatable bonds is 3. The third-order valence-electron chi connectivity index (χ3n) is 3.31. The van der Waals surface area contributed by atoms with Gasteiger partial charge in [-0.25, -0.2) is 0 Å². The standard InChI is InChI=1S/C12H18N2O2/c1-8-5-6-16-11(8)12(15)14-7-9-3-2-4-10(9)13/h5-6,9-10H,2-4,7,13H2,1H3,(H,14,15). The maximum atomic E-state index is 11.7. The second-order valence-electron chi connectivity index (χ2n) is 4.50. The van der Waals surface area contributed by atoms with E-state index in [1.54, 1.807) is 6.07 Å². The summed E-state index contributed by atoms with van der Waals surface area (Å²) in [6.45, 7) is 2.51. The molecular formula is C12H18N2O2. The highest BCUT2D eigenvalue weighted by molar-refractivity contribution is 5.92. The van der Waals surface area contributed by atoms with E-state index >= 15 is 0 Å². The Morgan fingerprint density at radius 3 is 3.00 bits per heavy atom.